The van der Waals surface area contributed by atoms with Gasteiger partial charge in [-0.1, -0.05) is 6.07 Å². The molecule has 3 aromatic heterocycles. The van der Waals surface area contributed by atoms with Crippen LogP contribution in [-0.4, -0.2) is 54.9 Å². The average molecular weight is 417 g/mol. The van der Waals surface area contributed by atoms with Gasteiger partial charge in [-0.05, 0) is 19.1 Å². The van der Waals surface area contributed by atoms with Crippen LogP contribution in [0.5, 0.6) is 0 Å². The molecule has 1 saturated heterocycles. The fourth-order valence-corrected chi connectivity index (χ4v) is 5.71. The van der Waals surface area contributed by atoms with E-state index in [0.717, 1.165) is 47.4 Å². The predicted octanol–water partition coefficient (Wildman–Crippen LogP) is 2.46. The van der Waals surface area contributed by atoms with Gasteiger partial charge in [0.15, 0.2) is 0 Å². The van der Waals surface area contributed by atoms with Crippen molar-refractivity contribution in [3.63, 3.8) is 0 Å². The molecule has 0 saturated carbocycles. The van der Waals surface area contributed by atoms with Gasteiger partial charge in [-0.15, -0.1) is 11.3 Å². The first kappa shape index (κ1) is 19.4. The summed E-state index contributed by atoms with van der Waals surface area (Å²) in [5, 5.41) is 0.768. The Morgan fingerprint density at radius 3 is 2.86 bits per heavy atom. The third-order valence-corrected chi connectivity index (χ3v) is 7.54. The minimum absolute atomic E-state index is 0.0318. The largest absolute Gasteiger partial charge is 0.317 e. The predicted molar refractivity (Wildman–Crippen MR) is 116 cm³/mol. The van der Waals surface area contributed by atoms with Gasteiger partial charge >= 0.3 is 0 Å². The third-order valence-electron chi connectivity index (χ3n) is 5.32. The van der Waals surface area contributed by atoms with E-state index in [1.807, 2.05) is 34.9 Å². The molecule has 0 radical (unpaired) electrons. The van der Waals surface area contributed by atoms with E-state index >= 15 is 0 Å². The molecule has 0 aliphatic carbocycles. The van der Waals surface area contributed by atoms with E-state index in [-0.39, 0.29) is 5.56 Å². The van der Waals surface area contributed by atoms with E-state index in [2.05, 4.69) is 16.8 Å². The molecule has 1 aliphatic heterocycles. The minimum Gasteiger partial charge on any atom is -0.317 e. The van der Waals surface area contributed by atoms with Gasteiger partial charge in [-0.25, -0.2) is 8.51 Å². The summed E-state index contributed by atoms with van der Waals surface area (Å²) in [5.41, 5.74) is 2.09. The molecule has 2 atom stereocenters. The van der Waals surface area contributed by atoms with Crippen LogP contribution in [0.2, 0.25) is 0 Å². The van der Waals surface area contributed by atoms with Crippen molar-refractivity contribution in [2.75, 3.05) is 25.9 Å². The molecule has 8 heteroatoms. The summed E-state index contributed by atoms with van der Waals surface area (Å²) in [5.74, 6) is 0. The van der Waals surface area contributed by atoms with Gasteiger partial charge in [0.2, 0.25) is 0 Å². The number of hydrogen-bond acceptors (Lipinski definition) is 5. The van der Waals surface area contributed by atoms with Crippen molar-refractivity contribution in [1.29, 1.82) is 0 Å². The number of aromatic nitrogens is 2. The Morgan fingerprint density at radius 1 is 1.36 bits per heavy atom. The summed E-state index contributed by atoms with van der Waals surface area (Å²) in [6.45, 7) is 5.47. The molecule has 3 aromatic rings. The quantitative estimate of drug-likeness (QED) is 0.656. The van der Waals surface area contributed by atoms with Crippen molar-refractivity contribution in [2.45, 2.75) is 19.5 Å². The lowest BCUT2D eigenvalue weighted by Gasteiger charge is -2.38. The summed E-state index contributed by atoms with van der Waals surface area (Å²) in [4.78, 5) is 20.5. The lowest BCUT2D eigenvalue weighted by molar-refractivity contribution is 0.126. The molecule has 0 aromatic carbocycles. The van der Waals surface area contributed by atoms with Crippen molar-refractivity contribution in [2.24, 2.45) is 7.05 Å². The van der Waals surface area contributed by atoms with Crippen LogP contribution in [0.25, 0.3) is 21.2 Å². The van der Waals surface area contributed by atoms with Gasteiger partial charge in [-0.3, -0.25) is 14.7 Å². The number of fused-ring (bicyclic) bond motifs is 1. The molecule has 2 unspecified atom stereocenters. The van der Waals surface area contributed by atoms with E-state index < -0.39 is 11.0 Å². The fraction of sp³-hybridized carbons (Fsp3) is 0.400. The molecule has 4 heterocycles. The van der Waals surface area contributed by atoms with E-state index in [0.29, 0.717) is 6.04 Å². The van der Waals surface area contributed by atoms with Gasteiger partial charge in [0, 0.05) is 84.8 Å². The monoisotopic (exact) mass is 416 g/mol. The van der Waals surface area contributed by atoms with Crippen molar-refractivity contribution in [1.82, 2.24) is 18.8 Å². The zero-order valence-electron chi connectivity index (χ0n) is 16.3. The summed E-state index contributed by atoms with van der Waals surface area (Å²) in [6, 6.07) is 6.31. The lowest BCUT2D eigenvalue weighted by Crippen LogP contribution is -2.51. The van der Waals surface area contributed by atoms with Gasteiger partial charge in [0.25, 0.3) is 5.56 Å². The number of thiophene rings is 1. The Labute approximate surface area is 171 Å². The molecule has 1 fully saturated rings. The van der Waals surface area contributed by atoms with Crippen molar-refractivity contribution >= 4 is 32.4 Å². The Balaban J connectivity index is 1.68. The van der Waals surface area contributed by atoms with Gasteiger partial charge < -0.3 is 4.57 Å². The summed E-state index contributed by atoms with van der Waals surface area (Å²) < 4.78 is 16.4. The van der Waals surface area contributed by atoms with Crippen LogP contribution in [0.1, 0.15) is 11.8 Å². The van der Waals surface area contributed by atoms with Crippen LogP contribution < -0.4 is 5.56 Å². The molecule has 0 N–H and O–H groups in total. The molecule has 28 heavy (non-hydrogen) atoms. The molecular formula is C20H24N4O2S2. The second kappa shape index (κ2) is 7.87. The fourth-order valence-electron chi connectivity index (χ4n) is 3.74. The van der Waals surface area contributed by atoms with Gasteiger partial charge in [0.1, 0.15) is 0 Å². The van der Waals surface area contributed by atoms with Crippen LogP contribution >= 0.6 is 11.3 Å². The van der Waals surface area contributed by atoms with Crippen LogP contribution in [0.15, 0.2) is 41.6 Å². The minimum atomic E-state index is -0.917. The van der Waals surface area contributed by atoms with E-state index in [9.17, 15) is 9.00 Å². The molecule has 148 valence electrons. The van der Waals surface area contributed by atoms with Crippen LogP contribution in [-0.2, 0) is 24.6 Å². The number of pyridine rings is 2. The summed E-state index contributed by atoms with van der Waals surface area (Å²) >= 11 is 1.69. The smallest absolute Gasteiger partial charge is 0.259 e. The molecule has 0 amide bonds. The van der Waals surface area contributed by atoms with Gasteiger partial charge in [0.05, 0.1) is 16.4 Å². The lowest BCUT2D eigenvalue weighted by atomic mass is 10.1. The Kier molecular flexibility index (Phi) is 5.46. The molecule has 0 bridgehead atoms. The molecule has 4 rings (SSSR count). The molecule has 0 spiro atoms. The first-order valence-electron chi connectivity index (χ1n) is 9.29. The first-order valence-corrected chi connectivity index (χ1v) is 11.6. The Hall–Kier alpha value is -1.87. The van der Waals surface area contributed by atoms with E-state index in [4.69, 9.17) is 0 Å². The number of rotatable bonds is 4. The topological polar surface area (TPSA) is 58.4 Å². The number of piperazine rings is 1. The summed E-state index contributed by atoms with van der Waals surface area (Å²) in [7, 11) is 0.879. The van der Waals surface area contributed by atoms with Crippen molar-refractivity contribution in [3.8, 4) is 11.1 Å². The maximum absolute atomic E-state index is 12.7. The number of nitrogens with zero attached hydrogens (tertiary/aromatic N) is 4. The first-order chi connectivity index (χ1) is 13.4. The average Bonchev–Trinajstić information content (AvgIpc) is 3.11. The zero-order chi connectivity index (χ0) is 19.8. The third kappa shape index (κ3) is 3.69. The van der Waals surface area contributed by atoms with Crippen LogP contribution in [0.4, 0.5) is 0 Å². The standard InChI is InChI=1S/C20H24N4O2S2/c1-14-11-24(28(3)26)8-7-23(14)12-16-9-17-19(27-16)18(13-22(2)20(17)25)15-5-4-6-21-10-15/h4-6,9-10,13-14H,7-8,11-12H2,1-3H3. The molecule has 1 aliphatic rings. The maximum atomic E-state index is 12.7. The maximum Gasteiger partial charge on any atom is 0.259 e. The second-order valence-electron chi connectivity index (χ2n) is 7.29. The van der Waals surface area contributed by atoms with Gasteiger partial charge in [-0.2, -0.15) is 0 Å². The highest BCUT2D eigenvalue weighted by Crippen LogP contribution is 2.33. The normalized spacial score (nSPS) is 19.9. The van der Waals surface area contributed by atoms with Crippen molar-refractivity contribution in [3.05, 3.63) is 52.0 Å². The zero-order valence-corrected chi connectivity index (χ0v) is 17.9. The highest BCUT2D eigenvalue weighted by atomic mass is 32.2. The Morgan fingerprint density at radius 2 is 2.18 bits per heavy atom. The van der Waals surface area contributed by atoms with E-state index in [1.54, 1.807) is 35.4 Å². The highest BCUT2D eigenvalue weighted by Gasteiger charge is 2.26. The molecular weight excluding hydrogens is 392 g/mol. The Bertz CT molecular complexity index is 1080. The number of aryl methyl sites for hydroxylation is 1. The molecule has 6 nitrogen and oxygen atoms in total. The highest BCUT2D eigenvalue weighted by molar-refractivity contribution is 7.81. The van der Waals surface area contributed by atoms with E-state index in [1.165, 1.54) is 4.88 Å². The second-order valence-corrected chi connectivity index (χ2v) is 9.79. The van der Waals surface area contributed by atoms with Crippen LogP contribution in [0.3, 0.4) is 0 Å². The SMILES string of the molecule is CC1CN(S(C)=O)CCN1Cc1cc2c(=O)n(C)cc(-c3cccnc3)c2s1. The van der Waals surface area contributed by atoms with Crippen molar-refractivity contribution < 1.29 is 4.21 Å². The number of hydrogen-bond donors (Lipinski definition) is 0. The van der Waals surface area contributed by atoms with Crippen LogP contribution in [0, 0.1) is 0 Å². The summed E-state index contributed by atoms with van der Waals surface area (Å²) in [6.07, 6.45) is 7.24.